The Hall–Kier alpha value is -2.84. The van der Waals surface area contributed by atoms with Gasteiger partial charge in [-0.1, -0.05) is 0 Å². The van der Waals surface area contributed by atoms with Crippen molar-refractivity contribution in [3.63, 3.8) is 0 Å². The molecule has 0 bridgehead atoms. The molecule has 0 spiro atoms. The van der Waals surface area contributed by atoms with E-state index >= 15 is 0 Å². The second-order valence-corrected chi connectivity index (χ2v) is 5.64. The standard InChI is InChI=1S/C16H20N2O7/c1-3-25-14-7-11(12(18(22)23)8-13(14)24-2)15(19)17-6-4-5-10(9-17)16(20)21/h7-8,10H,3-6,9H2,1-2H3,(H,20,21)/t10-/m0/s1. The minimum atomic E-state index is -0.975. The van der Waals surface area contributed by atoms with Crippen LogP contribution in [0.3, 0.4) is 0 Å². The van der Waals surface area contributed by atoms with Gasteiger partial charge in [0.05, 0.1) is 30.6 Å². The first-order valence-corrected chi connectivity index (χ1v) is 7.90. The number of rotatable bonds is 6. The van der Waals surface area contributed by atoms with Crippen LogP contribution >= 0.6 is 0 Å². The summed E-state index contributed by atoms with van der Waals surface area (Å²) in [7, 11) is 1.35. The number of hydrogen-bond acceptors (Lipinski definition) is 6. The van der Waals surface area contributed by atoms with Crippen molar-refractivity contribution >= 4 is 17.6 Å². The van der Waals surface area contributed by atoms with E-state index in [0.29, 0.717) is 26.0 Å². The molecule has 2 rings (SSSR count). The number of nitrogens with zero attached hydrogens (tertiary/aromatic N) is 2. The molecule has 0 radical (unpaired) electrons. The molecule has 0 aromatic heterocycles. The maximum Gasteiger partial charge on any atom is 0.308 e. The van der Waals surface area contributed by atoms with Crippen LogP contribution in [-0.4, -0.2) is 53.6 Å². The maximum absolute atomic E-state index is 12.8. The van der Waals surface area contributed by atoms with Crippen LogP contribution in [0, 0.1) is 16.0 Å². The number of hydrogen-bond donors (Lipinski definition) is 1. The van der Waals surface area contributed by atoms with Gasteiger partial charge in [-0.25, -0.2) is 0 Å². The fraction of sp³-hybridized carbons (Fsp3) is 0.500. The Kier molecular flexibility index (Phi) is 5.79. The Morgan fingerprint density at radius 2 is 2.12 bits per heavy atom. The van der Waals surface area contributed by atoms with Crippen LogP contribution in [0.1, 0.15) is 30.1 Å². The number of ether oxygens (including phenoxy) is 2. The van der Waals surface area contributed by atoms with E-state index in [0.717, 1.165) is 6.07 Å². The smallest absolute Gasteiger partial charge is 0.308 e. The molecule has 1 amide bonds. The molecular weight excluding hydrogens is 332 g/mol. The molecule has 1 aliphatic heterocycles. The molecule has 1 aliphatic rings. The van der Waals surface area contributed by atoms with Gasteiger partial charge in [0.1, 0.15) is 5.56 Å². The summed E-state index contributed by atoms with van der Waals surface area (Å²) < 4.78 is 10.5. The zero-order valence-corrected chi connectivity index (χ0v) is 14.1. The van der Waals surface area contributed by atoms with Gasteiger partial charge in [-0.15, -0.1) is 0 Å². The number of piperidine rings is 1. The molecule has 9 nitrogen and oxygen atoms in total. The molecule has 136 valence electrons. The van der Waals surface area contributed by atoms with Crippen molar-refractivity contribution in [3.8, 4) is 11.5 Å². The topological polar surface area (TPSA) is 119 Å². The zero-order chi connectivity index (χ0) is 18.6. The highest BCUT2D eigenvalue weighted by Crippen LogP contribution is 2.35. The molecule has 1 N–H and O–H groups in total. The molecule has 1 aromatic rings. The number of benzene rings is 1. The highest BCUT2D eigenvalue weighted by atomic mass is 16.6. The fourth-order valence-corrected chi connectivity index (χ4v) is 2.83. The minimum absolute atomic E-state index is 0.0291. The average Bonchev–Trinajstić information content (AvgIpc) is 2.60. The van der Waals surface area contributed by atoms with Crippen LogP contribution in [0.4, 0.5) is 5.69 Å². The number of likely N-dealkylation sites (tertiary alicyclic amines) is 1. The van der Waals surface area contributed by atoms with E-state index in [9.17, 15) is 19.7 Å². The maximum atomic E-state index is 12.8. The Morgan fingerprint density at radius 3 is 2.68 bits per heavy atom. The lowest BCUT2D eigenvalue weighted by Crippen LogP contribution is -2.42. The van der Waals surface area contributed by atoms with Crippen LogP contribution in [0.15, 0.2) is 12.1 Å². The first kappa shape index (κ1) is 18.5. The van der Waals surface area contributed by atoms with E-state index in [2.05, 4.69) is 0 Å². The van der Waals surface area contributed by atoms with Crippen LogP contribution in [0.5, 0.6) is 11.5 Å². The summed E-state index contributed by atoms with van der Waals surface area (Å²) in [6.45, 7) is 2.42. The van der Waals surface area contributed by atoms with Crippen molar-refractivity contribution in [1.82, 2.24) is 4.90 Å². The van der Waals surface area contributed by atoms with Crippen molar-refractivity contribution in [2.45, 2.75) is 19.8 Å². The van der Waals surface area contributed by atoms with Crippen molar-refractivity contribution in [2.75, 3.05) is 26.8 Å². The van der Waals surface area contributed by atoms with Crippen molar-refractivity contribution in [3.05, 3.63) is 27.8 Å². The lowest BCUT2D eigenvalue weighted by Gasteiger charge is -2.30. The van der Waals surface area contributed by atoms with Gasteiger partial charge >= 0.3 is 5.97 Å². The molecule has 0 saturated carbocycles. The molecule has 1 saturated heterocycles. The SMILES string of the molecule is CCOc1cc(C(=O)N2CCC[C@H](C(=O)O)C2)c([N+](=O)[O-])cc1OC. The third kappa shape index (κ3) is 3.98. The Balaban J connectivity index is 2.41. The second kappa shape index (κ2) is 7.82. The van der Waals surface area contributed by atoms with Crippen LogP contribution < -0.4 is 9.47 Å². The van der Waals surface area contributed by atoms with Crippen molar-refractivity contribution in [1.29, 1.82) is 0 Å². The normalized spacial score (nSPS) is 17.0. The van der Waals surface area contributed by atoms with Crippen molar-refractivity contribution in [2.24, 2.45) is 5.92 Å². The predicted molar refractivity (Wildman–Crippen MR) is 87.1 cm³/mol. The lowest BCUT2D eigenvalue weighted by molar-refractivity contribution is -0.385. The largest absolute Gasteiger partial charge is 0.493 e. The summed E-state index contributed by atoms with van der Waals surface area (Å²) in [5.41, 5.74) is -0.539. The Morgan fingerprint density at radius 1 is 1.40 bits per heavy atom. The third-order valence-corrected chi connectivity index (χ3v) is 4.07. The Bertz CT molecular complexity index is 689. The van der Waals surface area contributed by atoms with E-state index in [-0.39, 0.29) is 23.6 Å². The third-order valence-electron chi connectivity index (χ3n) is 4.07. The van der Waals surface area contributed by atoms with E-state index in [1.165, 1.54) is 18.1 Å². The van der Waals surface area contributed by atoms with Crippen LogP contribution in [0.2, 0.25) is 0 Å². The molecule has 1 fully saturated rings. The highest BCUT2D eigenvalue weighted by Gasteiger charge is 2.32. The number of methoxy groups -OCH3 is 1. The van der Waals surface area contributed by atoms with Gasteiger partial charge < -0.3 is 19.5 Å². The summed E-state index contributed by atoms with van der Waals surface area (Å²) in [6.07, 6.45) is 1.01. The summed E-state index contributed by atoms with van der Waals surface area (Å²) in [5.74, 6) is -1.84. The van der Waals surface area contributed by atoms with E-state index in [1.54, 1.807) is 6.92 Å². The number of carbonyl (C=O) groups is 2. The molecular formula is C16H20N2O7. The van der Waals surface area contributed by atoms with Gasteiger partial charge in [0.15, 0.2) is 11.5 Å². The first-order chi connectivity index (χ1) is 11.9. The molecule has 1 heterocycles. The van der Waals surface area contributed by atoms with Gasteiger partial charge in [0, 0.05) is 19.2 Å². The summed E-state index contributed by atoms with van der Waals surface area (Å²) in [5, 5.41) is 20.5. The van der Waals surface area contributed by atoms with Crippen LogP contribution in [-0.2, 0) is 4.79 Å². The number of carboxylic acids is 1. The van der Waals surface area contributed by atoms with Gasteiger partial charge in [-0.3, -0.25) is 19.7 Å². The molecule has 25 heavy (non-hydrogen) atoms. The second-order valence-electron chi connectivity index (χ2n) is 5.64. The number of aliphatic carboxylic acids is 1. The summed E-state index contributed by atoms with van der Waals surface area (Å²) in [6, 6.07) is 2.43. The number of carbonyl (C=O) groups excluding carboxylic acids is 1. The Labute approximate surface area is 144 Å². The van der Waals surface area contributed by atoms with Gasteiger partial charge in [0.2, 0.25) is 0 Å². The number of carboxylic acid groups (broad SMARTS) is 1. The summed E-state index contributed by atoms with van der Waals surface area (Å²) in [4.78, 5) is 36.0. The average molecular weight is 352 g/mol. The van der Waals surface area contributed by atoms with Gasteiger partial charge in [0.25, 0.3) is 11.6 Å². The van der Waals surface area contributed by atoms with Gasteiger partial charge in [-0.2, -0.15) is 0 Å². The fourth-order valence-electron chi connectivity index (χ4n) is 2.83. The molecule has 1 aromatic carbocycles. The first-order valence-electron chi connectivity index (χ1n) is 7.90. The molecule has 9 heteroatoms. The van der Waals surface area contributed by atoms with Gasteiger partial charge in [-0.05, 0) is 19.8 Å². The molecule has 0 unspecified atom stereocenters. The highest BCUT2D eigenvalue weighted by molar-refractivity contribution is 5.99. The lowest BCUT2D eigenvalue weighted by atomic mass is 9.97. The summed E-state index contributed by atoms with van der Waals surface area (Å²) >= 11 is 0. The monoisotopic (exact) mass is 352 g/mol. The zero-order valence-electron chi connectivity index (χ0n) is 14.1. The predicted octanol–water partition coefficient (Wildman–Crippen LogP) is 1.94. The van der Waals surface area contributed by atoms with Crippen molar-refractivity contribution < 1.29 is 29.1 Å². The minimum Gasteiger partial charge on any atom is -0.493 e. The quantitative estimate of drug-likeness (QED) is 0.613. The molecule has 0 aliphatic carbocycles. The van der Waals surface area contributed by atoms with E-state index in [4.69, 9.17) is 14.6 Å². The molecule has 1 atom stereocenters. The van der Waals surface area contributed by atoms with Crippen LogP contribution in [0.25, 0.3) is 0 Å². The van der Waals surface area contributed by atoms with E-state index in [1.807, 2.05) is 0 Å². The number of nitro benzene ring substituents is 1. The number of amides is 1. The number of nitro groups is 1. The van der Waals surface area contributed by atoms with E-state index < -0.39 is 28.4 Å².